The number of benzene rings is 2. The van der Waals surface area contributed by atoms with Gasteiger partial charge in [0.1, 0.15) is 18.2 Å². The molecule has 0 fully saturated rings. The lowest BCUT2D eigenvalue weighted by Gasteiger charge is -2.06. The van der Waals surface area contributed by atoms with Gasteiger partial charge in [0.05, 0.1) is 0 Å². The largest absolute Gasteiger partial charge is 0.507 e. The third kappa shape index (κ3) is 2.53. The second kappa shape index (κ2) is 4.41. The van der Waals surface area contributed by atoms with E-state index in [-0.39, 0.29) is 18.2 Å². The Hall–Kier alpha value is -2.10. The van der Waals surface area contributed by atoms with Gasteiger partial charge < -0.3 is 9.84 Å². The highest BCUT2D eigenvalue weighted by Crippen LogP contribution is 2.27. The minimum absolute atomic E-state index is 0.0460. The van der Waals surface area contributed by atoms with E-state index in [1.54, 1.807) is 6.07 Å². The number of rotatable bonds is 2. The second-order valence-corrected chi connectivity index (χ2v) is 3.76. The summed E-state index contributed by atoms with van der Waals surface area (Å²) in [7, 11) is 0. The summed E-state index contributed by atoms with van der Waals surface area (Å²) in [6.07, 6.45) is 0. The average Bonchev–Trinajstić information content (AvgIpc) is 2.25. The normalized spacial score (nSPS) is 10.5. The fourth-order valence-electron chi connectivity index (χ4n) is 1.65. The Morgan fingerprint density at radius 3 is 2.82 bits per heavy atom. The van der Waals surface area contributed by atoms with E-state index >= 15 is 0 Å². The number of phenolic OH excluding ortho intramolecular Hbond substituents is 1. The number of carbonyl (C=O) groups excluding carboxylic acids is 1. The number of aromatic hydroxyl groups is 1. The third-order valence-corrected chi connectivity index (χ3v) is 2.39. The number of phenols is 1. The molecule has 17 heavy (non-hydrogen) atoms. The molecule has 0 atom stereocenters. The van der Waals surface area contributed by atoms with Crippen molar-refractivity contribution in [3.8, 4) is 5.75 Å². The zero-order chi connectivity index (χ0) is 12.4. The molecule has 4 heteroatoms. The molecule has 0 saturated carbocycles. The summed E-state index contributed by atoms with van der Waals surface area (Å²) in [5.74, 6) is -0.727. The zero-order valence-corrected chi connectivity index (χ0v) is 9.24. The topological polar surface area (TPSA) is 46.5 Å². The number of halogens is 1. The van der Waals surface area contributed by atoms with Gasteiger partial charge in [-0.25, -0.2) is 4.39 Å². The predicted octanol–water partition coefficient (Wildman–Crippen LogP) is 2.75. The van der Waals surface area contributed by atoms with Crippen molar-refractivity contribution in [2.45, 2.75) is 13.5 Å². The Kier molecular flexibility index (Phi) is 2.95. The second-order valence-electron chi connectivity index (χ2n) is 3.76. The molecule has 1 N–H and O–H groups in total. The van der Waals surface area contributed by atoms with Crippen molar-refractivity contribution in [3.05, 3.63) is 41.7 Å². The van der Waals surface area contributed by atoms with E-state index < -0.39 is 5.97 Å². The number of fused-ring (bicyclic) bond motifs is 1. The fraction of sp³-hybridized carbons (Fsp3) is 0.154. The quantitative estimate of drug-likeness (QED) is 0.813. The van der Waals surface area contributed by atoms with Crippen molar-refractivity contribution >= 4 is 16.7 Å². The molecule has 0 saturated heterocycles. The van der Waals surface area contributed by atoms with Gasteiger partial charge in [-0.1, -0.05) is 0 Å². The van der Waals surface area contributed by atoms with Gasteiger partial charge in [0.25, 0.3) is 0 Å². The third-order valence-electron chi connectivity index (χ3n) is 2.39. The number of hydrogen-bond acceptors (Lipinski definition) is 3. The van der Waals surface area contributed by atoms with Crippen LogP contribution in [0.4, 0.5) is 4.39 Å². The predicted molar refractivity (Wildman–Crippen MR) is 61.0 cm³/mol. The van der Waals surface area contributed by atoms with Gasteiger partial charge >= 0.3 is 5.97 Å². The highest BCUT2D eigenvalue weighted by Gasteiger charge is 2.05. The Bertz CT molecular complexity index is 578. The van der Waals surface area contributed by atoms with Gasteiger partial charge in [0.2, 0.25) is 0 Å². The Balaban J connectivity index is 2.42. The van der Waals surface area contributed by atoms with Crippen LogP contribution >= 0.6 is 0 Å². The first-order valence-electron chi connectivity index (χ1n) is 5.11. The van der Waals surface area contributed by atoms with Crippen molar-refractivity contribution in [3.63, 3.8) is 0 Å². The summed E-state index contributed by atoms with van der Waals surface area (Å²) >= 11 is 0. The molecule has 0 unspecified atom stereocenters. The molecule has 3 nitrogen and oxygen atoms in total. The van der Waals surface area contributed by atoms with Crippen LogP contribution in [0.5, 0.6) is 5.75 Å². The van der Waals surface area contributed by atoms with Crippen LogP contribution in [-0.2, 0) is 16.1 Å². The maximum atomic E-state index is 13.0. The molecule has 0 aromatic heterocycles. The minimum atomic E-state index is -0.399. The Labute approximate surface area is 97.4 Å². The first-order chi connectivity index (χ1) is 8.06. The van der Waals surface area contributed by atoms with Crippen LogP contribution in [0.3, 0.4) is 0 Å². The van der Waals surface area contributed by atoms with Crippen LogP contribution in [-0.4, -0.2) is 11.1 Å². The molecule has 2 aromatic rings. The van der Waals surface area contributed by atoms with Gasteiger partial charge in [-0.05, 0) is 41.3 Å². The molecule has 0 amide bonds. The SMILES string of the molecule is CC(=O)OCc1cc(O)c2ccc(F)cc2c1. The molecular formula is C13H11FO3. The first-order valence-corrected chi connectivity index (χ1v) is 5.11. The summed E-state index contributed by atoms with van der Waals surface area (Å²) in [6, 6.07) is 7.31. The van der Waals surface area contributed by atoms with Crippen LogP contribution in [0.15, 0.2) is 30.3 Å². The van der Waals surface area contributed by atoms with Crippen molar-refractivity contribution in [2.75, 3.05) is 0 Å². The van der Waals surface area contributed by atoms with E-state index in [4.69, 9.17) is 4.74 Å². The van der Waals surface area contributed by atoms with Gasteiger partial charge in [0, 0.05) is 12.3 Å². The molecule has 2 aromatic carbocycles. The fourth-order valence-corrected chi connectivity index (χ4v) is 1.65. The standard InChI is InChI=1S/C13H11FO3/c1-8(15)17-7-9-4-10-6-11(14)2-3-12(10)13(16)5-9/h2-6,16H,7H2,1H3. The van der Waals surface area contributed by atoms with Crippen LogP contribution in [0.25, 0.3) is 10.8 Å². The smallest absolute Gasteiger partial charge is 0.302 e. The Morgan fingerprint density at radius 1 is 1.35 bits per heavy atom. The van der Waals surface area contributed by atoms with Crippen molar-refractivity contribution in [2.24, 2.45) is 0 Å². The van der Waals surface area contributed by atoms with E-state index in [2.05, 4.69) is 0 Å². The molecular weight excluding hydrogens is 223 g/mol. The van der Waals surface area contributed by atoms with Crippen LogP contribution in [0.1, 0.15) is 12.5 Å². The van der Waals surface area contributed by atoms with Gasteiger partial charge in [-0.3, -0.25) is 4.79 Å². The van der Waals surface area contributed by atoms with Gasteiger partial charge in [-0.15, -0.1) is 0 Å². The highest BCUT2D eigenvalue weighted by atomic mass is 19.1. The van der Waals surface area contributed by atoms with Gasteiger partial charge in [0.15, 0.2) is 0 Å². The Morgan fingerprint density at radius 2 is 2.12 bits per heavy atom. The molecule has 0 aliphatic heterocycles. The lowest BCUT2D eigenvalue weighted by Crippen LogP contribution is -1.98. The number of esters is 1. The summed E-state index contributed by atoms with van der Waals surface area (Å²) < 4.78 is 17.9. The molecule has 0 spiro atoms. The van der Waals surface area contributed by atoms with E-state index in [1.807, 2.05) is 0 Å². The summed E-state index contributed by atoms with van der Waals surface area (Å²) in [4.78, 5) is 10.7. The van der Waals surface area contributed by atoms with Crippen molar-refractivity contribution < 1.29 is 19.0 Å². The van der Waals surface area contributed by atoms with E-state index in [0.717, 1.165) is 0 Å². The maximum absolute atomic E-state index is 13.0. The van der Waals surface area contributed by atoms with Crippen LogP contribution in [0.2, 0.25) is 0 Å². The molecule has 0 heterocycles. The molecule has 0 radical (unpaired) electrons. The van der Waals surface area contributed by atoms with Gasteiger partial charge in [-0.2, -0.15) is 0 Å². The van der Waals surface area contributed by atoms with E-state index in [9.17, 15) is 14.3 Å². The molecule has 0 aliphatic rings. The number of ether oxygens (including phenoxy) is 1. The lowest BCUT2D eigenvalue weighted by atomic mass is 10.1. The molecule has 0 aliphatic carbocycles. The number of carbonyl (C=O) groups is 1. The maximum Gasteiger partial charge on any atom is 0.302 e. The summed E-state index contributed by atoms with van der Waals surface area (Å²) in [5.41, 5.74) is 0.621. The average molecular weight is 234 g/mol. The molecule has 2 rings (SSSR count). The first kappa shape index (κ1) is 11.4. The highest BCUT2D eigenvalue weighted by molar-refractivity contribution is 5.88. The molecule has 0 bridgehead atoms. The van der Waals surface area contributed by atoms with E-state index in [1.165, 1.54) is 31.2 Å². The van der Waals surface area contributed by atoms with Crippen LogP contribution in [0, 0.1) is 5.82 Å². The number of hydrogen-bond donors (Lipinski definition) is 1. The zero-order valence-electron chi connectivity index (χ0n) is 9.24. The minimum Gasteiger partial charge on any atom is -0.507 e. The lowest BCUT2D eigenvalue weighted by molar-refractivity contribution is -0.142. The monoisotopic (exact) mass is 234 g/mol. The van der Waals surface area contributed by atoms with Crippen molar-refractivity contribution in [1.29, 1.82) is 0 Å². The summed E-state index contributed by atoms with van der Waals surface area (Å²) in [6.45, 7) is 1.37. The van der Waals surface area contributed by atoms with Crippen LogP contribution < -0.4 is 0 Å². The van der Waals surface area contributed by atoms with Crippen molar-refractivity contribution in [1.82, 2.24) is 0 Å². The molecule has 88 valence electrons. The summed E-state index contributed by atoms with van der Waals surface area (Å²) in [5, 5.41) is 10.9. The van der Waals surface area contributed by atoms with E-state index in [0.29, 0.717) is 16.3 Å².